The van der Waals surface area contributed by atoms with E-state index >= 15 is 0 Å². The summed E-state index contributed by atoms with van der Waals surface area (Å²) in [6.45, 7) is 4.86. The number of hydrogen-bond acceptors (Lipinski definition) is 4. The van der Waals surface area contributed by atoms with Gasteiger partial charge in [0.25, 0.3) is 0 Å². The van der Waals surface area contributed by atoms with Crippen LogP contribution in [0.1, 0.15) is 13.3 Å². The summed E-state index contributed by atoms with van der Waals surface area (Å²) in [5, 5.41) is 6.13. The highest BCUT2D eigenvalue weighted by Gasteiger charge is 2.25. The van der Waals surface area contributed by atoms with Crippen molar-refractivity contribution in [3.8, 4) is 0 Å². The molecule has 0 saturated carbocycles. The van der Waals surface area contributed by atoms with E-state index in [0.717, 1.165) is 37.8 Å². The number of anilines is 1. The molecule has 8 heteroatoms. The number of likely N-dealkylation sites (tertiary alicyclic amines) is 1. The van der Waals surface area contributed by atoms with Crippen LogP contribution in [0.3, 0.4) is 0 Å². The number of benzene rings is 1. The first-order valence-corrected chi connectivity index (χ1v) is 10.6. The molecule has 2 aromatic rings. The van der Waals surface area contributed by atoms with Crippen molar-refractivity contribution in [1.82, 2.24) is 15.2 Å². The van der Waals surface area contributed by atoms with E-state index in [2.05, 4.69) is 49.8 Å². The van der Waals surface area contributed by atoms with Gasteiger partial charge in [-0.3, -0.25) is 9.78 Å². The SMILES string of the molecule is CCNC(=NCC(=O)Nc1cccnc1)N1CCC(CSc2ccccc2)C1.I. The fourth-order valence-electron chi connectivity index (χ4n) is 3.10. The summed E-state index contributed by atoms with van der Waals surface area (Å²) >= 11 is 1.91. The summed E-state index contributed by atoms with van der Waals surface area (Å²) in [7, 11) is 0. The molecule has 2 heterocycles. The maximum Gasteiger partial charge on any atom is 0.246 e. The minimum atomic E-state index is -0.140. The summed E-state index contributed by atoms with van der Waals surface area (Å²) in [6.07, 6.45) is 4.45. The summed E-state index contributed by atoms with van der Waals surface area (Å²) in [5.74, 6) is 2.40. The lowest BCUT2D eigenvalue weighted by Crippen LogP contribution is -2.40. The second-order valence-electron chi connectivity index (χ2n) is 6.68. The number of aliphatic imine (C=N–C) groups is 1. The largest absolute Gasteiger partial charge is 0.357 e. The van der Waals surface area contributed by atoms with E-state index in [4.69, 9.17) is 0 Å². The van der Waals surface area contributed by atoms with E-state index < -0.39 is 0 Å². The molecule has 3 rings (SSSR count). The number of aromatic nitrogens is 1. The van der Waals surface area contributed by atoms with Gasteiger partial charge in [0, 0.05) is 36.5 Å². The highest BCUT2D eigenvalue weighted by molar-refractivity contribution is 14.0. The molecule has 0 aliphatic carbocycles. The molecule has 156 valence electrons. The summed E-state index contributed by atoms with van der Waals surface area (Å²) in [4.78, 5) is 24.3. The molecule has 1 amide bonds. The standard InChI is InChI=1S/C21H27N5OS.HI/c1-2-23-21(24-14-20(27)25-18-7-6-11-22-13-18)26-12-10-17(15-26)16-28-19-8-4-3-5-9-19;/h3-9,11,13,17H,2,10,12,14-16H2,1H3,(H,23,24)(H,25,27);1H. The van der Waals surface area contributed by atoms with Gasteiger partial charge in [0.2, 0.25) is 5.91 Å². The number of hydrogen-bond donors (Lipinski definition) is 2. The van der Waals surface area contributed by atoms with E-state index in [9.17, 15) is 4.79 Å². The molecule has 6 nitrogen and oxygen atoms in total. The van der Waals surface area contributed by atoms with Gasteiger partial charge >= 0.3 is 0 Å². The Morgan fingerprint density at radius 3 is 2.83 bits per heavy atom. The van der Waals surface area contributed by atoms with Gasteiger partial charge in [0.15, 0.2) is 5.96 Å². The smallest absolute Gasteiger partial charge is 0.246 e. The van der Waals surface area contributed by atoms with Crippen LogP contribution in [0, 0.1) is 5.92 Å². The minimum absolute atomic E-state index is 0. The number of thioether (sulfide) groups is 1. The molecule has 29 heavy (non-hydrogen) atoms. The number of carbonyl (C=O) groups is 1. The fraction of sp³-hybridized carbons (Fsp3) is 0.381. The Kier molecular flexibility index (Phi) is 10.3. The van der Waals surface area contributed by atoms with E-state index in [-0.39, 0.29) is 36.4 Å². The number of pyridine rings is 1. The van der Waals surface area contributed by atoms with Crippen LogP contribution in [0.5, 0.6) is 0 Å². The van der Waals surface area contributed by atoms with Crippen LogP contribution >= 0.6 is 35.7 Å². The molecule has 1 unspecified atom stereocenters. The van der Waals surface area contributed by atoms with E-state index in [1.54, 1.807) is 18.5 Å². The number of nitrogens with zero attached hydrogens (tertiary/aromatic N) is 3. The van der Waals surface area contributed by atoms with Crippen molar-refractivity contribution in [2.45, 2.75) is 18.2 Å². The van der Waals surface area contributed by atoms with Gasteiger partial charge in [-0.25, -0.2) is 4.99 Å². The molecule has 1 saturated heterocycles. The lowest BCUT2D eigenvalue weighted by Gasteiger charge is -2.21. The van der Waals surface area contributed by atoms with Crippen LogP contribution in [-0.2, 0) is 4.79 Å². The second-order valence-corrected chi connectivity index (χ2v) is 7.78. The molecule has 1 aromatic carbocycles. The topological polar surface area (TPSA) is 69.6 Å². The summed E-state index contributed by atoms with van der Waals surface area (Å²) < 4.78 is 0. The predicted octanol–water partition coefficient (Wildman–Crippen LogP) is 3.72. The van der Waals surface area contributed by atoms with Crippen molar-refractivity contribution in [1.29, 1.82) is 0 Å². The molecule has 1 aromatic heterocycles. The molecule has 0 radical (unpaired) electrons. The van der Waals surface area contributed by atoms with Gasteiger partial charge in [-0.05, 0) is 43.5 Å². The quantitative estimate of drug-likeness (QED) is 0.250. The average Bonchev–Trinajstić information content (AvgIpc) is 3.20. The molecule has 0 bridgehead atoms. The lowest BCUT2D eigenvalue weighted by molar-refractivity contribution is -0.114. The third kappa shape index (κ3) is 7.85. The van der Waals surface area contributed by atoms with E-state index in [0.29, 0.717) is 11.6 Å². The maximum absolute atomic E-state index is 12.2. The third-order valence-electron chi connectivity index (χ3n) is 4.47. The van der Waals surface area contributed by atoms with Crippen LogP contribution in [0.15, 0.2) is 64.7 Å². The van der Waals surface area contributed by atoms with Gasteiger partial charge in [0.05, 0.1) is 11.9 Å². The number of guanidine groups is 1. The predicted molar refractivity (Wildman–Crippen MR) is 131 cm³/mol. The van der Waals surface area contributed by atoms with Crippen molar-refractivity contribution >= 4 is 53.3 Å². The number of amides is 1. The van der Waals surface area contributed by atoms with E-state index in [1.807, 2.05) is 30.8 Å². The Morgan fingerprint density at radius 1 is 1.28 bits per heavy atom. The average molecular weight is 525 g/mol. The number of rotatable bonds is 7. The zero-order chi connectivity index (χ0) is 19.6. The Bertz CT molecular complexity index is 775. The monoisotopic (exact) mass is 525 g/mol. The molecular formula is C21H28IN5OS. The molecule has 1 aliphatic rings. The van der Waals surface area contributed by atoms with Crippen molar-refractivity contribution in [3.63, 3.8) is 0 Å². The normalized spacial score (nSPS) is 16.2. The first-order valence-electron chi connectivity index (χ1n) is 9.65. The Morgan fingerprint density at radius 2 is 2.10 bits per heavy atom. The van der Waals surface area contributed by atoms with E-state index in [1.165, 1.54) is 4.90 Å². The van der Waals surface area contributed by atoms with Gasteiger partial charge in [-0.1, -0.05) is 18.2 Å². The van der Waals surface area contributed by atoms with Crippen molar-refractivity contribution < 1.29 is 4.79 Å². The summed E-state index contributed by atoms with van der Waals surface area (Å²) in [5.41, 5.74) is 0.687. The zero-order valence-electron chi connectivity index (χ0n) is 16.6. The fourth-order valence-corrected chi connectivity index (χ4v) is 4.15. The van der Waals surface area contributed by atoms with Crippen LogP contribution in [0.2, 0.25) is 0 Å². The highest BCUT2D eigenvalue weighted by atomic mass is 127. The first kappa shape index (κ1) is 23.5. The Labute approximate surface area is 194 Å². The van der Waals surface area contributed by atoms with Crippen LogP contribution in [-0.4, -0.2) is 53.7 Å². The van der Waals surface area contributed by atoms with Gasteiger partial charge in [-0.15, -0.1) is 35.7 Å². The second kappa shape index (κ2) is 12.7. The van der Waals surface area contributed by atoms with Gasteiger partial charge in [-0.2, -0.15) is 0 Å². The number of carbonyl (C=O) groups excluding carboxylic acids is 1. The molecule has 0 spiro atoms. The Hall–Kier alpha value is -1.81. The first-order chi connectivity index (χ1) is 13.7. The zero-order valence-corrected chi connectivity index (χ0v) is 19.7. The molecule has 1 aliphatic heterocycles. The number of halogens is 1. The molecule has 2 N–H and O–H groups in total. The summed E-state index contributed by atoms with van der Waals surface area (Å²) in [6, 6.07) is 14.1. The van der Waals surface area contributed by atoms with Gasteiger partial charge < -0.3 is 15.5 Å². The maximum atomic E-state index is 12.2. The van der Waals surface area contributed by atoms with Crippen LogP contribution in [0.4, 0.5) is 5.69 Å². The Balaban J connectivity index is 0.00000300. The third-order valence-corrected chi connectivity index (χ3v) is 5.71. The van der Waals surface area contributed by atoms with Crippen LogP contribution < -0.4 is 10.6 Å². The lowest BCUT2D eigenvalue weighted by atomic mass is 10.2. The van der Waals surface area contributed by atoms with Crippen molar-refractivity contribution in [2.24, 2.45) is 10.9 Å². The molecule has 1 atom stereocenters. The minimum Gasteiger partial charge on any atom is -0.357 e. The molecule has 1 fully saturated rings. The molecular weight excluding hydrogens is 497 g/mol. The van der Waals surface area contributed by atoms with Crippen molar-refractivity contribution in [3.05, 3.63) is 54.9 Å². The number of nitrogens with one attached hydrogen (secondary N) is 2. The van der Waals surface area contributed by atoms with Crippen molar-refractivity contribution in [2.75, 3.05) is 37.2 Å². The highest BCUT2D eigenvalue weighted by Crippen LogP contribution is 2.25. The van der Waals surface area contributed by atoms with Gasteiger partial charge in [0.1, 0.15) is 6.54 Å². The van der Waals surface area contributed by atoms with Crippen LogP contribution in [0.25, 0.3) is 0 Å².